The maximum Gasteiger partial charge on any atom is 0.407 e. The lowest BCUT2D eigenvalue weighted by molar-refractivity contribution is -0.149. The molecule has 110 valence electrons. The molecule has 1 heterocycles. The smallest absolute Gasteiger partial charge is 0.407 e. The zero-order valence-corrected chi connectivity index (χ0v) is 11.4. The number of aliphatic carboxylic acids is 1. The van der Waals surface area contributed by atoms with Gasteiger partial charge >= 0.3 is 12.1 Å². The number of nitrogens with zero attached hydrogens (tertiary/aromatic N) is 1. The number of hydrogen-bond donors (Lipinski definition) is 2. The predicted octanol–water partition coefficient (Wildman–Crippen LogP) is 0.689. The Kier molecular flexibility index (Phi) is 5.14. The normalized spacial score (nSPS) is 20.2. The molecule has 1 fully saturated rings. The molecular formula is C12H22N2O5. The van der Waals surface area contributed by atoms with Crippen molar-refractivity contribution < 1.29 is 25.7 Å². The van der Waals surface area contributed by atoms with Crippen LogP contribution in [0.1, 0.15) is 28.1 Å². The Morgan fingerprint density at radius 3 is 2.53 bits per heavy atom. The van der Waals surface area contributed by atoms with E-state index in [0.29, 0.717) is 19.4 Å². The van der Waals surface area contributed by atoms with E-state index in [4.69, 9.17) is 5.11 Å². The Hall–Kier alpha value is -1.79. The number of carbonyl (C=O) groups excluding carboxylic acids is 2. The molecule has 19 heavy (non-hydrogen) atoms. The molecule has 7 heteroatoms. The summed E-state index contributed by atoms with van der Waals surface area (Å²) in [5.74, 6) is -1.53. The third-order valence-electron chi connectivity index (χ3n) is 3.21. The van der Waals surface area contributed by atoms with Crippen molar-refractivity contribution in [3.8, 4) is 0 Å². The predicted molar refractivity (Wildman–Crippen MR) is 68.7 cm³/mol. The van der Waals surface area contributed by atoms with Gasteiger partial charge in [0.2, 0.25) is 5.91 Å². The molecule has 2 N–H and O–H groups in total. The first-order chi connectivity index (χ1) is 8.88. The van der Waals surface area contributed by atoms with Crippen molar-refractivity contribution in [3.63, 3.8) is 0 Å². The largest absolute Gasteiger partial charge is 0.480 e. The number of carboxylic acids is 1. The fourth-order valence-corrected chi connectivity index (χ4v) is 2.17. The van der Waals surface area contributed by atoms with Gasteiger partial charge in [0.05, 0.1) is 7.11 Å². The highest BCUT2D eigenvalue weighted by Gasteiger charge is 2.38. The van der Waals surface area contributed by atoms with Gasteiger partial charge in [0, 0.05) is 7.97 Å². The van der Waals surface area contributed by atoms with E-state index in [0.717, 1.165) is 0 Å². The third kappa shape index (κ3) is 3.59. The van der Waals surface area contributed by atoms with Crippen molar-refractivity contribution in [2.24, 2.45) is 5.92 Å². The van der Waals surface area contributed by atoms with Crippen LogP contribution < -0.4 is 5.32 Å². The first-order valence-corrected chi connectivity index (χ1v) is 6.26. The van der Waals surface area contributed by atoms with Crippen LogP contribution in [0.25, 0.3) is 0 Å². The lowest BCUT2D eigenvalue weighted by Crippen LogP contribution is -2.53. The van der Waals surface area contributed by atoms with Crippen LogP contribution in [0.15, 0.2) is 0 Å². The Morgan fingerprint density at radius 1 is 1.42 bits per heavy atom. The highest BCUT2D eigenvalue weighted by Crippen LogP contribution is 2.20. The standard InChI is InChI=1S/C12H20N2O5.H2/c1-7(2)9(13-12(18)19-3)10(15)14-6-4-5-8(14)11(16)17;/h7-9H,4-6H2,1-3H3,(H,13,18)(H,16,17);1H/t8-,9-;/m0./s1. The molecule has 1 saturated heterocycles. The molecule has 0 saturated carbocycles. The summed E-state index contributed by atoms with van der Waals surface area (Å²) in [6.45, 7) is 3.97. The molecule has 1 aliphatic heterocycles. The van der Waals surface area contributed by atoms with Gasteiger partial charge in [0.1, 0.15) is 12.1 Å². The topological polar surface area (TPSA) is 95.9 Å². The first kappa shape index (κ1) is 15.3. The quantitative estimate of drug-likeness (QED) is 0.786. The molecule has 1 aliphatic rings. The van der Waals surface area contributed by atoms with E-state index in [9.17, 15) is 14.4 Å². The van der Waals surface area contributed by atoms with Crippen molar-refractivity contribution in [1.82, 2.24) is 10.2 Å². The van der Waals surface area contributed by atoms with Crippen LogP contribution in [0.5, 0.6) is 0 Å². The number of ether oxygens (including phenoxy) is 1. The van der Waals surface area contributed by atoms with E-state index in [1.165, 1.54) is 12.0 Å². The summed E-state index contributed by atoms with van der Waals surface area (Å²) in [5, 5.41) is 11.5. The van der Waals surface area contributed by atoms with Crippen molar-refractivity contribution in [2.45, 2.75) is 38.8 Å². The second-order valence-electron chi connectivity index (χ2n) is 4.89. The average Bonchev–Trinajstić information content (AvgIpc) is 2.83. The number of methoxy groups -OCH3 is 1. The van der Waals surface area contributed by atoms with Gasteiger partial charge in [0.15, 0.2) is 0 Å². The van der Waals surface area contributed by atoms with Gasteiger partial charge in [-0.15, -0.1) is 0 Å². The lowest BCUT2D eigenvalue weighted by Gasteiger charge is -2.28. The molecule has 2 amide bonds. The van der Waals surface area contributed by atoms with E-state index in [-0.39, 0.29) is 13.3 Å². The van der Waals surface area contributed by atoms with Gasteiger partial charge in [-0.2, -0.15) is 0 Å². The zero-order valence-electron chi connectivity index (χ0n) is 11.4. The Bertz CT molecular complexity index is 375. The summed E-state index contributed by atoms with van der Waals surface area (Å²) >= 11 is 0. The molecule has 0 aromatic heterocycles. The van der Waals surface area contributed by atoms with Gasteiger partial charge in [0.25, 0.3) is 0 Å². The minimum Gasteiger partial charge on any atom is -0.480 e. The molecule has 0 aromatic rings. The number of nitrogens with one attached hydrogen (secondary N) is 1. The average molecular weight is 274 g/mol. The summed E-state index contributed by atoms with van der Waals surface area (Å²) in [6, 6.07) is -1.57. The van der Waals surface area contributed by atoms with Crippen molar-refractivity contribution in [2.75, 3.05) is 13.7 Å². The zero-order chi connectivity index (χ0) is 14.6. The third-order valence-corrected chi connectivity index (χ3v) is 3.21. The molecule has 0 aliphatic carbocycles. The fraction of sp³-hybridized carbons (Fsp3) is 0.750. The van der Waals surface area contributed by atoms with Gasteiger partial charge < -0.3 is 20.1 Å². The number of likely N-dealkylation sites (tertiary alicyclic amines) is 1. The first-order valence-electron chi connectivity index (χ1n) is 6.26. The maximum absolute atomic E-state index is 12.3. The number of carboxylic acid groups (broad SMARTS) is 1. The minimum atomic E-state index is -1.01. The molecule has 7 nitrogen and oxygen atoms in total. The Labute approximate surface area is 113 Å². The summed E-state index contributed by atoms with van der Waals surface area (Å²) in [7, 11) is 1.22. The van der Waals surface area contributed by atoms with Crippen LogP contribution in [0, 0.1) is 5.92 Å². The van der Waals surface area contributed by atoms with Crippen molar-refractivity contribution in [1.29, 1.82) is 0 Å². The van der Waals surface area contributed by atoms with Crippen LogP contribution >= 0.6 is 0 Å². The minimum absolute atomic E-state index is 0. The van der Waals surface area contributed by atoms with Crippen LogP contribution in [-0.4, -0.2) is 53.7 Å². The van der Waals surface area contributed by atoms with Gasteiger partial charge in [-0.05, 0) is 18.8 Å². The molecule has 0 unspecified atom stereocenters. The van der Waals surface area contributed by atoms with Crippen molar-refractivity contribution in [3.05, 3.63) is 0 Å². The highest BCUT2D eigenvalue weighted by molar-refractivity contribution is 5.89. The maximum atomic E-state index is 12.3. The lowest BCUT2D eigenvalue weighted by atomic mass is 10.0. The summed E-state index contributed by atoms with van der Waals surface area (Å²) < 4.78 is 4.48. The number of amides is 2. The van der Waals surface area contributed by atoms with Crippen LogP contribution in [0.3, 0.4) is 0 Å². The van der Waals surface area contributed by atoms with E-state index in [2.05, 4.69) is 10.1 Å². The second kappa shape index (κ2) is 6.40. The number of hydrogen-bond acceptors (Lipinski definition) is 4. The SMILES string of the molecule is COC(=O)N[C@H](C(=O)N1CCC[C@H]1C(=O)O)C(C)C.[HH]. The molecule has 0 spiro atoms. The molecule has 0 bridgehead atoms. The van der Waals surface area contributed by atoms with E-state index >= 15 is 0 Å². The molecule has 2 atom stereocenters. The van der Waals surface area contributed by atoms with E-state index < -0.39 is 24.1 Å². The Balaban J connectivity index is 0.00000361. The van der Waals surface area contributed by atoms with Gasteiger partial charge in [-0.1, -0.05) is 13.8 Å². The van der Waals surface area contributed by atoms with Crippen LogP contribution in [0.2, 0.25) is 0 Å². The van der Waals surface area contributed by atoms with E-state index in [1.54, 1.807) is 13.8 Å². The molecule has 1 rings (SSSR count). The second-order valence-corrected chi connectivity index (χ2v) is 4.89. The van der Waals surface area contributed by atoms with Crippen molar-refractivity contribution >= 4 is 18.0 Å². The summed E-state index contributed by atoms with van der Waals surface area (Å²) in [6.07, 6.45) is 0.411. The molecular weight excluding hydrogens is 252 g/mol. The van der Waals surface area contributed by atoms with Gasteiger partial charge in [-0.25, -0.2) is 9.59 Å². The molecule has 0 radical (unpaired) electrons. The highest BCUT2D eigenvalue weighted by atomic mass is 16.5. The fourth-order valence-electron chi connectivity index (χ4n) is 2.17. The molecule has 0 aromatic carbocycles. The van der Waals surface area contributed by atoms with Crippen LogP contribution in [0.4, 0.5) is 4.79 Å². The number of carbonyl (C=O) groups is 3. The number of rotatable bonds is 4. The van der Waals surface area contributed by atoms with E-state index in [1.807, 2.05) is 0 Å². The summed E-state index contributed by atoms with van der Waals surface area (Å²) in [5.41, 5.74) is 0. The Morgan fingerprint density at radius 2 is 2.05 bits per heavy atom. The van der Waals surface area contributed by atoms with Gasteiger partial charge in [-0.3, -0.25) is 4.79 Å². The van der Waals surface area contributed by atoms with Crippen LogP contribution in [-0.2, 0) is 14.3 Å². The summed E-state index contributed by atoms with van der Waals surface area (Å²) in [4.78, 5) is 36.0. The number of alkyl carbamates (subject to hydrolysis) is 1. The monoisotopic (exact) mass is 274 g/mol.